The van der Waals surface area contributed by atoms with E-state index in [9.17, 15) is 0 Å². The molecule has 0 bridgehead atoms. The first kappa shape index (κ1) is 7.42. The van der Waals surface area contributed by atoms with E-state index in [1.807, 2.05) is 0 Å². The van der Waals surface area contributed by atoms with E-state index in [-0.39, 0.29) is 0 Å². The van der Waals surface area contributed by atoms with Gasteiger partial charge in [0.05, 0.1) is 12.1 Å². The SMILES string of the molecule is [CH]c1ccc(Cl)c(OC)c1. The van der Waals surface area contributed by atoms with Gasteiger partial charge >= 0.3 is 0 Å². The Labute approximate surface area is 65.6 Å². The van der Waals surface area contributed by atoms with Crippen molar-refractivity contribution in [2.75, 3.05) is 7.11 Å². The zero-order valence-electron chi connectivity index (χ0n) is 5.60. The molecule has 0 atom stereocenters. The topological polar surface area (TPSA) is 9.23 Å². The minimum atomic E-state index is 0.580. The summed E-state index contributed by atoms with van der Waals surface area (Å²) in [6, 6.07) is 5.11. The summed E-state index contributed by atoms with van der Waals surface area (Å²) in [7, 11) is 1.56. The number of methoxy groups -OCH3 is 1. The molecule has 0 amide bonds. The van der Waals surface area contributed by atoms with Crippen LogP contribution in [0.1, 0.15) is 5.56 Å². The van der Waals surface area contributed by atoms with Crippen LogP contribution < -0.4 is 4.74 Å². The molecular weight excluding hydrogens is 148 g/mol. The molecular formula is C8H7ClO. The van der Waals surface area contributed by atoms with Crippen LogP contribution in [0.5, 0.6) is 5.75 Å². The number of rotatable bonds is 1. The highest BCUT2D eigenvalue weighted by atomic mass is 35.5. The molecule has 2 radical (unpaired) electrons. The van der Waals surface area contributed by atoms with Gasteiger partial charge in [0.2, 0.25) is 0 Å². The Morgan fingerprint density at radius 3 is 2.70 bits per heavy atom. The zero-order chi connectivity index (χ0) is 7.56. The lowest BCUT2D eigenvalue weighted by Gasteiger charge is -2.01. The van der Waals surface area contributed by atoms with Gasteiger partial charge in [0, 0.05) is 0 Å². The van der Waals surface area contributed by atoms with Crippen molar-refractivity contribution >= 4 is 11.6 Å². The van der Waals surface area contributed by atoms with Gasteiger partial charge in [0.1, 0.15) is 5.75 Å². The minimum absolute atomic E-state index is 0.580. The lowest BCUT2D eigenvalue weighted by molar-refractivity contribution is 0.415. The van der Waals surface area contributed by atoms with Crippen molar-refractivity contribution in [2.24, 2.45) is 0 Å². The molecule has 1 rings (SSSR count). The fourth-order valence-corrected chi connectivity index (χ4v) is 0.871. The fraction of sp³-hybridized carbons (Fsp3) is 0.125. The van der Waals surface area contributed by atoms with Crippen molar-refractivity contribution in [3.63, 3.8) is 0 Å². The average Bonchev–Trinajstić information content (AvgIpc) is 1.94. The molecule has 0 unspecified atom stereocenters. The maximum Gasteiger partial charge on any atom is 0.137 e. The Balaban J connectivity index is 3.09. The second kappa shape index (κ2) is 2.93. The van der Waals surface area contributed by atoms with Crippen molar-refractivity contribution in [1.82, 2.24) is 0 Å². The molecule has 1 aromatic rings. The molecule has 0 heterocycles. The highest BCUT2D eigenvalue weighted by Crippen LogP contribution is 2.24. The van der Waals surface area contributed by atoms with Crippen LogP contribution in [-0.4, -0.2) is 7.11 Å². The van der Waals surface area contributed by atoms with Gasteiger partial charge in [-0.15, -0.1) is 0 Å². The first-order valence-corrected chi connectivity index (χ1v) is 3.21. The van der Waals surface area contributed by atoms with Gasteiger partial charge in [0.15, 0.2) is 0 Å². The summed E-state index contributed by atoms with van der Waals surface area (Å²) >= 11 is 5.72. The molecule has 1 aromatic carbocycles. The zero-order valence-corrected chi connectivity index (χ0v) is 6.35. The molecule has 0 saturated carbocycles. The number of ether oxygens (including phenoxy) is 1. The smallest absolute Gasteiger partial charge is 0.137 e. The van der Waals surface area contributed by atoms with Gasteiger partial charge in [-0.2, -0.15) is 0 Å². The van der Waals surface area contributed by atoms with Crippen molar-refractivity contribution in [2.45, 2.75) is 0 Å². The molecule has 0 aliphatic rings. The van der Waals surface area contributed by atoms with Gasteiger partial charge in [-0.05, 0) is 24.6 Å². The third kappa shape index (κ3) is 1.42. The van der Waals surface area contributed by atoms with E-state index in [0.717, 1.165) is 0 Å². The first-order chi connectivity index (χ1) is 4.74. The van der Waals surface area contributed by atoms with Crippen LogP contribution in [0, 0.1) is 6.92 Å². The molecule has 0 aliphatic carbocycles. The highest BCUT2D eigenvalue weighted by Gasteiger charge is 1.97. The predicted molar refractivity (Wildman–Crippen MR) is 41.4 cm³/mol. The first-order valence-electron chi connectivity index (χ1n) is 2.83. The molecule has 1 nitrogen and oxygen atoms in total. The normalized spacial score (nSPS) is 9.50. The second-order valence-corrected chi connectivity index (χ2v) is 2.30. The molecule has 52 valence electrons. The van der Waals surface area contributed by atoms with E-state index >= 15 is 0 Å². The molecule has 0 fully saturated rings. The minimum Gasteiger partial charge on any atom is -0.495 e. The summed E-state index contributed by atoms with van der Waals surface area (Å²) < 4.78 is 4.91. The van der Waals surface area contributed by atoms with Gasteiger partial charge in [-0.3, -0.25) is 0 Å². The van der Waals surface area contributed by atoms with Gasteiger partial charge in [0.25, 0.3) is 0 Å². The van der Waals surface area contributed by atoms with Gasteiger partial charge < -0.3 is 4.74 Å². The maximum absolute atomic E-state index is 5.72. The monoisotopic (exact) mass is 154 g/mol. The Morgan fingerprint density at radius 2 is 2.20 bits per heavy atom. The summed E-state index contributed by atoms with van der Waals surface area (Å²) in [5.74, 6) is 0.613. The van der Waals surface area contributed by atoms with Crippen LogP contribution in [-0.2, 0) is 0 Å². The number of hydrogen-bond donors (Lipinski definition) is 0. The van der Waals surface area contributed by atoms with Crippen LogP contribution >= 0.6 is 11.6 Å². The molecule has 0 N–H and O–H groups in total. The van der Waals surface area contributed by atoms with Crippen LogP contribution in [0.15, 0.2) is 18.2 Å². The molecule has 2 heteroatoms. The number of hydrogen-bond acceptors (Lipinski definition) is 1. The van der Waals surface area contributed by atoms with Gasteiger partial charge in [-0.25, -0.2) is 0 Å². The maximum atomic E-state index is 5.72. The van der Waals surface area contributed by atoms with E-state index in [2.05, 4.69) is 0 Å². The van der Waals surface area contributed by atoms with E-state index < -0.39 is 0 Å². The van der Waals surface area contributed by atoms with Crippen LogP contribution in [0.3, 0.4) is 0 Å². The lowest BCUT2D eigenvalue weighted by atomic mass is 10.2. The van der Waals surface area contributed by atoms with E-state index in [1.54, 1.807) is 25.3 Å². The van der Waals surface area contributed by atoms with E-state index in [1.165, 1.54) is 0 Å². The number of halogens is 1. The second-order valence-electron chi connectivity index (χ2n) is 1.89. The van der Waals surface area contributed by atoms with Crippen molar-refractivity contribution in [3.05, 3.63) is 35.7 Å². The van der Waals surface area contributed by atoms with E-state index in [0.29, 0.717) is 16.3 Å². The Kier molecular flexibility index (Phi) is 2.17. The quantitative estimate of drug-likeness (QED) is 0.604. The van der Waals surface area contributed by atoms with E-state index in [4.69, 9.17) is 23.3 Å². The summed E-state index contributed by atoms with van der Waals surface area (Å²) in [5, 5.41) is 0.580. The number of benzene rings is 1. The van der Waals surface area contributed by atoms with Crippen LogP contribution in [0.2, 0.25) is 5.02 Å². The Morgan fingerprint density at radius 1 is 1.50 bits per heavy atom. The van der Waals surface area contributed by atoms with Crippen LogP contribution in [0.4, 0.5) is 0 Å². The summed E-state index contributed by atoms with van der Waals surface area (Å²) in [6.45, 7) is 5.46. The summed E-state index contributed by atoms with van der Waals surface area (Å²) in [5.41, 5.74) is 0.654. The van der Waals surface area contributed by atoms with Crippen molar-refractivity contribution in [3.8, 4) is 5.75 Å². The van der Waals surface area contributed by atoms with Crippen molar-refractivity contribution in [1.29, 1.82) is 0 Å². The highest BCUT2D eigenvalue weighted by molar-refractivity contribution is 6.32. The summed E-state index contributed by atoms with van der Waals surface area (Å²) in [6.07, 6.45) is 0. The Bertz CT molecular complexity index is 233. The largest absolute Gasteiger partial charge is 0.495 e. The fourth-order valence-electron chi connectivity index (χ4n) is 0.676. The average molecular weight is 155 g/mol. The standard InChI is InChI=1S/C8H7ClO/c1-6-3-4-7(9)8(5-6)10-2/h1,3-5H,2H3. The molecule has 0 spiro atoms. The van der Waals surface area contributed by atoms with Crippen molar-refractivity contribution < 1.29 is 4.74 Å². The van der Waals surface area contributed by atoms with Crippen LogP contribution in [0.25, 0.3) is 0 Å². The lowest BCUT2D eigenvalue weighted by Crippen LogP contribution is -1.83. The predicted octanol–water partition coefficient (Wildman–Crippen LogP) is 2.41. The third-order valence-corrected chi connectivity index (χ3v) is 1.49. The molecule has 0 aliphatic heterocycles. The molecule has 10 heavy (non-hydrogen) atoms. The Hall–Kier alpha value is -0.690. The summed E-state index contributed by atoms with van der Waals surface area (Å²) in [4.78, 5) is 0. The van der Waals surface area contributed by atoms with Gasteiger partial charge in [-0.1, -0.05) is 17.7 Å². The molecule has 0 saturated heterocycles. The molecule has 0 aromatic heterocycles. The third-order valence-electron chi connectivity index (χ3n) is 1.18.